The summed E-state index contributed by atoms with van der Waals surface area (Å²) in [4.78, 5) is 22.7. The highest BCUT2D eigenvalue weighted by Gasteiger charge is 2.52. The average Bonchev–Trinajstić information content (AvgIpc) is 3.02. The van der Waals surface area contributed by atoms with Crippen molar-refractivity contribution in [2.24, 2.45) is 17.8 Å². The van der Waals surface area contributed by atoms with Crippen LogP contribution in [0, 0.1) is 17.8 Å². The highest BCUT2D eigenvalue weighted by atomic mass is 16.5. The lowest BCUT2D eigenvalue weighted by Gasteiger charge is -2.57. The Morgan fingerprint density at radius 2 is 1.67 bits per heavy atom. The average molecular weight is 608 g/mol. The van der Waals surface area contributed by atoms with E-state index in [1.807, 2.05) is 12.1 Å². The van der Waals surface area contributed by atoms with Crippen LogP contribution in [0.5, 0.6) is 11.5 Å². The Kier molecular flexibility index (Phi) is 9.29. The molecule has 0 unspecified atom stereocenters. The second-order valence-electron chi connectivity index (χ2n) is 13.4. The van der Waals surface area contributed by atoms with E-state index in [1.165, 1.54) is 57.1 Å². The summed E-state index contributed by atoms with van der Waals surface area (Å²) in [6, 6.07) is 21.1. The normalized spacial score (nSPS) is 23.3. The fourth-order valence-corrected chi connectivity index (χ4v) is 8.64. The van der Waals surface area contributed by atoms with E-state index < -0.39 is 5.97 Å². The summed E-state index contributed by atoms with van der Waals surface area (Å²) in [5, 5.41) is 12.2. The van der Waals surface area contributed by atoms with Gasteiger partial charge in [-0.05, 0) is 109 Å². The third-order valence-electron chi connectivity index (χ3n) is 10.1. The molecule has 0 radical (unpaired) electrons. The fraction of sp³-hybridized carbons (Fsp3) is 0.436. The summed E-state index contributed by atoms with van der Waals surface area (Å²) in [6.07, 6.45) is 12.0. The van der Waals surface area contributed by atoms with E-state index >= 15 is 0 Å². The van der Waals surface area contributed by atoms with E-state index in [2.05, 4.69) is 60.8 Å². The molecule has 1 amide bonds. The molecule has 4 aliphatic rings. The molecule has 4 bridgehead atoms. The van der Waals surface area contributed by atoms with Gasteiger partial charge >= 0.3 is 5.97 Å². The molecule has 4 fully saturated rings. The SMILES string of the molecule is CCc1c(C=CC(=O)O)ccc(-c2ccc(OCc3ccccc3)c(C34CC5CC(CC(C5)C3)C4)c2)c1OCCCNC(C)=O. The number of benzene rings is 3. The van der Waals surface area contributed by atoms with Gasteiger partial charge in [0.15, 0.2) is 0 Å². The molecule has 0 heterocycles. The van der Waals surface area contributed by atoms with E-state index in [4.69, 9.17) is 9.47 Å². The minimum absolute atomic E-state index is 0.0579. The second kappa shape index (κ2) is 13.5. The molecule has 0 spiro atoms. The quantitative estimate of drug-likeness (QED) is 0.152. The van der Waals surface area contributed by atoms with Gasteiger partial charge in [0.1, 0.15) is 18.1 Å². The van der Waals surface area contributed by atoms with Gasteiger partial charge in [-0.3, -0.25) is 4.79 Å². The number of hydrogen-bond acceptors (Lipinski definition) is 4. The first-order valence-corrected chi connectivity index (χ1v) is 16.6. The summed E-state index contributed by atoms with van der Waals surface area (Å²) in [7, 11) is 0. The van der Waals surface area contributed by atoms with E-state index in [0.29, 0.717) is 32.6 Å². The van der Waals surface area contributed by atoms with E-state index in [9.17, 15) is 14.7 Å². The lowest BCUT2D eigenvalue weighted by atomic mass is 9.48. The van der Waals surface area contributed by atoms with Crippen molar-refractivity contribution >= 4 is 18.0 Å². The molecule has 7 rings (SSSR count). The van der Waals surface area contributed by atoms with Crippen LogP contribution in [-0.4, -0.2) is 30.1 Å². The van der Waals surface area contributed by atoms with Crippen molar-refractivity contribution in [3.63, 3.8) is 0 Å². The van der Waals surface area contributed by atoms with Crippen LogP contribution in [0.4, 0.5) is 0 Å². The largest absolute Gasteiger partial charge is 0.493 e. The highest BCUT2D eigenvalue weighted by molar-refractivity contribution is 5.86. The topological polar surface area (TPSA) is 84.9 Å². The van der Waals surface area contributed by atoms with Crippen LogP contribution in [0.1, 0.15) is 81.0 Å². The van der Waals surface area contributed by atoms with Crippen LogP contribution < -0.4 is 14.8 Å². The van der Waals surface area contributed by atoms with Gasteiger partial charge in [-0.25, -0.2) is 4.79 Å². The Morgan fingerprint density at radius 1 is 0.956 bits per heavy atom. The number of aliphatic carboxylic acids is 1. The number of amides is 1. The van der Waals surface area contributed by atoms with Crippen molar-refractivity contribution in [3.05, 3.63) is 89.0 Å². The van der Waals surface area contributed by atoms with Crippen molar-refractivity contribution in [1.29, 1.82) is 0 Å². The lowest BCUT2D eigenvalue weighted by molar-refractivity contribution is -0.131. The van der Waals surface area contributed by atoms with Crippen molar-refractivity contribution in [1.82, 2.24) is 5.32 Å². The molecular formula is C39H45NO5. The van der Waals surface area contributed by atoms with Gasteiger partial charge in [0.2, 0.25) is 5.91 Å². The first-order chi connectivity index (χ1) is 21.8. The van der Waals surface area contributed by atoms with Crippen LogP contribution >= 0.6 is 0 Å². The molecule has 0 aromatic heterocycles. The number of rotatable bonds is 13. The fourth-order valence-electron chi connectivity index (χ4n) is 8.64. The number of ether oxygens (including phenoxy) is 2. The Hall–Kier alpha value is -4.06. The van der Waals surface area contributed by atoms with Gasteiger partial charge in [0, 0.05) is 36.2 Å². The summed E-state index contributed by atoms with van der Waals surface area (Å²) < 4.78 is 13.1. The molecule has 236 valence electrons. The molecule has 0 atom stereocenters. The monoisotopic (exact) mass is 607 g/mol. The molecule has 3 aromatic rings. The Bertz CT molecular complexity index is 1520. The first-order valence-electron chi connectivity index (χ1n) is 16.6. The molecule has 3 aromatic carbocycles. The molecule has 4 aliphatic carbocycles. The molecule has 6 nitrogen and oxygen atoms in total. The Labute approximate surface area is 266 Å². The minimum atomic E-state index is -0.981. The molecule has 0 saturated heterocycles. The third-order valence-corrected chi connectivity index (χ3v) is 10.1. The number of carbonyl (C=O) groups is 2. The predicted molar refractivity (Wildman–Crippen MR) is 177 cm³/mol. The van der Waals surface area contributed by atoms with Crippen LogP contribution in [-0.2, 0) is 28.0 Å². The van der Waals surface area contributed by atoms with Crippen molar-refractivity contribution in [3.8, 4) is 22.6 Å². The van der Waals surface area contributed by atoms with Gasteiger partial charge in [-0.15, -0.1) is 0 Å². The number of carboxylic acid groups (broad SMARTS) is 1. The number of nitrogens with one attached hydrogen (secondary N) is 1. The molecule has 0 aliphatic heterocycles. The van der Waals surface area contributed by atoms with Gasteiger partial charge in [-0.2, -0.15) is 0 Å². The van der Waals surface area contributed by atoms with Crippen LogP contribution in [0.2, 0.25) is 0 Å². The molecule has 6 heteroatoms. The molecule has 2 N–H and O–H groups in total. The minimum Gasteiger partial charge on any atom is -0.493 e. The van der Waals surface area contributed by atoms with Crippen LogP contribution in [0.25, 0.3) is 17.2 Å². The van der Waals surface area contributed by atoms with Gasteiger partial charge < -0.3 is 19.9 Å². The van der Waals surface area contributed by atoms with Crippen molar-refractivity contribution in [2.45, 2.75) is 77.2 Å². The van der Waals surface area contributed by atoms with Gasteiger partial charge in [0.05, 0.1) is 6.61 Å². The Balaban J connectivity index is 1.40. The summed E-state index contributed by atoms with van der Waals surface area (Å²) >= 11 is 0. The number of carbonyl (C=O) groups excluding carboxylic acids is 1. The zero-order valence-corrected chi connectivity index (χ0v) is 26.5. The highest BCUT2D eigenvalue weighted by Crippen LogP contribution is 2.62. The Morgan fingerprint density at radius 3 is 2.31 bits per heavy atom. The summed E-state index contributed by atoms with van der Waals surface area (Å²) in [5.41, 5.74) is 6.53. The maximum absolute atomic E-state index is 11.4. The summed E-state index contributed by atoms with van der Waals surface area (Å²) in [6.45, 7) is 5.09. The number of carboxylic acids is 1. The maximum Gasteiger partial charge on any atom is 0.328 e. The van der Waals surface area contributed by atoms with E-state index in [1.54, 1.807) is 6.08 Å². The van der Waals surface area contributed by atoms with Crippen molar-refractivity contribution < 1.29 is 24.2 Å². The van der Waals surface area contributed by atoms with E-state index in [0.717, 1.165) is 57.1 Å². The predicted octanol–water partition coefficient (Wildman–Crippen LogP) is 7.97. The summed E-state index contributed by atoms with van der Waals surface area (Å²) in [5.74, 6) is 3.13. The second-order valence-corrected chi connectivity index (χ2v) is 13.4. The van der Waals surface area contributed by atoms with Crippen molar-refractivity contribution in [2.75, 3.05) is 13.2 Å². The molecular weight excluding hydrogens is 562 g/mol. The molecule has 45 heavy (non-hydrogen) atoms. The van der Waals surface area contributed by atoms with Crippen LogP contribution in [0.15, 0.2) is 66.7 Å². The standard InChI is InChI=1S/C39H45NO5/c1-3-33-31(12-15-37(42)43)10-13-34(38(33)44-17-7-16-40-26(2)41)32-11-14-36(45-25-27-8-5-4-6-9-27)35(21-32)39-22-28-18-29(23-39)20-30(19-28)24-39/h4-6,8-15,21,28-30H,3,7,16-20,22-25H2,1-2H3,(H,40,41)(H,42,43). The third kappa shape index (κ3) is 6.95. The zero-order chi connectivity index (χ0) is 31.4. The smallest absolute Gasteiger partial charge is 0.328 e. The maximum atomic E-state index is 11.4. The van der Waals surface area contributed by atoms with Gasteiger partial charge in [0.25, 0.3) is 0 Å². The van der Waals surface area contributed by atoms with E-state index in [-0.39, 0.29) is 11.3 Å². The first kappa shape index (κ1) is 30.9. The number of hydrogen-bond donors (Lipinski definition) is 2. The molecule has 4 saturated carbocycles. The zero-order valence-electron chi connectivity index (χ0n) is 26.5. The van der Waals surface area contributed by atoms with Gasteiger partial charge in [-0.1, -0.05) is 55.5 Å². The van der Waals surface area contributed by atoms with Crippen LogP contribution in [0.3, 0.4) is 0 Å². The lowest BCUT2D eigenvalue weighted by Crippen LogP contribution is -2.48.